The van der Waals surface area contributed by atoms with Crippen molar-refractivity contribution < 1.29 is 9.13 Å². The minimum atomic E-state index is -0.275. The third kappa shape index (κ3) is 1.82. The highest BCUT2D eigenvalue weighted by molar-refractivity contribution is 5.79. The monoisotopic (exact) mass is 242 g/mol. The lowest BCUT2D eigenvalue weighted by atomic mass is 10.2. The molecule has 90 valence electrons. The number of ether oxygens (including phenoxy) is 1. The Morgan fingerprint density at radius 1 is 1.17 bits per heavy atom. The average Bonchev–Trinajstić information content (AvgIpc) is 2.81. The zero-order valence-corrected chi connectivity index (χ0v) is 9.77. The minimum absolute atomic E-state index is 0.275. The van der Waals surface area contributed by atoms with Gasteiger partial charge in [0.2, 0.25) is 0 Å². The van der Waals surface area contributed by atoms with Gasteiger partial charge < -0.3 is 9.72 Å². The molecule has 0 atom stereocenters. The van der Waals surface area contributed by atoms with Crippen LogP contribution in [0.3, 0.4) is 0 Å². The fourth-order valence-electron chi connectivity index (χ4n) is 1.89. The molecule has 0 spiro atoms. The van der Waals surface area contributed by atoms with Gasteiger partial charge in [0.05, 0.1) is 18.1 Å². The van der Waals surface area contributed by atoms with E-state index < -0.39 is 0 Å². The van der Waals surface area contributed by atoms with E-state index in [1.807, 2.05) is 24.3 Å². The third-order valence-electron chi connectivity index (χ3n) is 2.79. The zero-order valence-electron chi connectivity index (χ0n) is 9.77. The first-order chi connectivity index (χ1) is 8.76. The number of imidazole rings is 1. The van der Waals surface area contributed by atoms with Crippen molar-refractivity contribution in [2.24, 2.45) is 0 Å². The zero-order chi connectivity index (χ0) is 12.5. The van der Waals surface area contributed by atoms with Crippen molar-refractivity contribution in [3.8, 4) is 17.1 Å². The first-order valence-corrected chi connectivity index (χ1v) is 5.56. The number of hydrogen-bond acceptors (Lipinski definition) is 2. The molecule has 0 aliphatic heterocycles. The minimum Gasteiger partial charge on any atom is -0.497 e. The molecule has 3 rings (SSSR count). The van der Waals surface area contributed by atoms with Crippen LogP contribution in [0.15, 0.2) is 42.5 Å². The van der Waals surface area contributed by atoms with Crippen LogP contribution in [-0.2, 0) is 0 Å². The van der Waals surface area contributed by atoms with Crippen molar-refractivity contribution in [1.82, 2.24) is 9.97 Å². The van der Waals surface area contributed by atoms with Crippen molar-refractivity contribution in [3.63, 3.8) is 0 Å². The Hall–Kier alpha value is -2.36. The Kier molecular flexibility index (Phi) is 2.48. The second-order valence-electron chi connectivity index (χ2n) is 3.98. The Labute approximate surface area is 103 Å². The van der Waals surface area contributed by atoms with Gasteiger partial charge in [-0.15, -0.1) is 0 Å². The van der Waals surface area contributed by atoms with E-state index in [0.717, 1.165) is 16.8 Å². The highest BCUT2D eigenvalue weighted by Gasteiger charge is 2.06. The van der Waals surface area contributed by atoms with E-state index in [1.54, 1.807) is 13.2 Å². The molecule has 18 heavy (non-hydrogen) atoms. The molecule has 1 aromatic heterocycles. The van der Waals surface area contributed by atoms with Gasteiger partial charge in [-0.05, 0) is 30.3 Å². The number of H-pyrrole nitrogens is 1. The first kappa shape index (κ1) is 10.8. The van der Waals surface area contributed by atoms with E-state index in [9.17, 15) is 4.39 Å². The largest absolute Gasteiger partial charge is 0.497 e. The van der Waals surface area contributed by atoms with E-state index in [2.05, 4.69) is 9.97 Å². The first-order valence-electron chi connectivity index (χ1n) is 5.56. The quantitative estimate of drug-likeness (QED) is 0.748. The van der Waals surface area contributed by atoms with Gasteiger partial charge in [-0.3, -0.25) is 0 Å². The Morgan fingerprint density at radius 2 is 2.06 bits per heavy atom. The molecule has 4 heteroatoms. The lowest BCUT2D eigenvalue weighted by Gasteiger charge is -2.01. The van der Waals surface area contributed by atoms with Crippen LogP contribution in [0, 0.1) is 5.82 Å². The van der Waals surface area contributed by atoms with Crippen molar-refractivity contribution in [2.45, 2.75) is 0 Å². The lowest BCUT2D eigenvalue weighted by Crippen LogP contribution is -1.84. The molecule has 0 aliphatic rings. The summed E-state index contributed by atoms with van der Waals surface area (Å²) in [5, 5.41) is 0. The molecule has 1 heterocycles. The van der Waals surface area contributed by atoms with Gasteiger partial charge in [0, 0.05) is 5.56 Å². The number of halogens is 1. The highest BCUT2D eigenvalue weighted by Crippen LogP contribution is 2.24. The maximum atomic E-state index is 13.1. The van der Waals surface area contributed by atoms with Crippen LogP contribution in [0.1, 0.15) is 0 Å². The molecule has 3 nitrogen and oxygen atoms in total. The van der Waals surface area contributed by atoms with E-state index in [1.165, 1.54) is 12.1 Å². The maximum Gasteiger partial charge on any atom is 0.138 e. The molecule has 0 amide bonds. The average molecular weight is 242 g/mol. The Balaban J connectivity index is 2.13. The second kappa shape index (κ2) is 4.14. The Bertz CT molecular complexity index is 706. The molecule has 0 radical (unpaired) electrons. The molecule has 1 N–H and O–H groups in total. The summed E-state index contributed by atoms with van der Waals surface area (Å²) in [6.07, 6.45) is 0. The molecule has 0 unspecified atom stereocenters. The summed E-state index contributed by atoms with van der Waals surface area (Å²) in [5.74, 6) is 1.19. The number of nitrogens with zero attached hydrogens (tertiary/aromatic N) is 1. The maximum absolute atomic E-state index is 13.1. The number of aromatic amines is 1. The second-order valence-corrected chi connectivity index (χ2v) is 3.98. The standard InChI is InChI=1S/C14H11FN2O/c1-18-11-4-2-3-9(7-11)14-16-12-6-5-10(15)8-13(12)17-14/h2-8H,1H3,(H,16,17). The number of fused-ring (bicyclic) bond motifs is 1. The number of rotatable bonds is 2. The summed E-state index contributed by atoms with van der Waals surface area (Å²) in [7, 11) is 1.62. The fourth-order valence-corrected chi connectivity index (χ4v) is 1.89. The van der Waals surface area contributed by atoms with Crippen LogP contribution >= 0.6 is 0 Å². The van der Waals surface area contributed by atoms with Crippen molar-refractivity contribution >= 4 is 11.0 Å². The van der Waals surface area contributed by atoms with Crippen molar-refractivity contribution in [3.05, 3.63) is 48.3 Å². The predicted molar refractivity (Wildman–Crippen MR) is 68.0 cm³/mol. The van der Waals surface area contributed by atoms with Crippen LogP contribution in [-0.4, -0.2) is 17.1 Å². The molecular formula is C14H11FN2O. The summed E-state index contributed by atoms with van der Waals surface area (Å²) in [6, 6.07) is 12.1. The fraction of sp³-hybridized carbons (Fsp3) is 0.0714. The predicted octanol–water partition coefficient (Wildman–Crippen LogP) is 3.38. The highest BCUT2D eigenvalue weighted by atomic mass is 19.1. The smallest absolute Gasteiger partial charge is 0.138 e. The topological polar surface area (TPSA) is 37.9 Å². The van der Waals surface area contributed by atoms with Gasteiger partial charge in [-0.1, -0.05) is 12.1 Å². The van der Waals surface area contributed by atoms with Gasteiger partial charge in [0.15, 0.2) is 0 Å². The van der Waals surface area contributed by atoms with Crippen molar-refractivity contribution in [2.75, 3.05) is 7.11 Å². The van der Waals surface area contributed by atoms with Crippen LogP contribution in [0.25, 0.3) is 22.4 Å². The number of aromatic nitrogens is 2. The SMILES string of the molecule is COc1cccc(-c2nc3ccc(F)cc3[nH]2)c1. The molecule has 3 aromatic rings. The van der Waals surface area contributed by atoms with E-state index in [-0.39, 0.29) is 5.82 Å². The number of nitrogens with one attached hydrogen (secondary N) is 1. The number of hydrogen-bond donors (Lipinski definition) is 1. The Morgan fingerprint density at radius 3 is 2.89 bits per heavy atom. The summed E-state index contributed by atoms with van der Waals surface area (Å²) >= 11 is 0. The van der Waals surface area contributed by atoms with Crippen LogP contribution < -0.4 is 4.74 Å². The molecule has 0 bridgehead atoms. The summed E-state index contributed by atoms with van der Waals surface area (Å²) in [6.45, 7) is 0. The van der Waals surface area contributed by atoms with Gasteiger partial charge in [-0.25, -0.2) is 9.37 Å². The van der Waals surface area contributed by atoms with E-state index in [4.69, 9.17) is 4.74 Å². The van der Waals surface area contributed by atoms with Gasteiger partial charge in [-0.2, -0.15) is 0 Å². The third-order valence-corrected chi connectivity index (χ3v) is 2.79. The van der Waals surface area contributed by atoms with Gasteiger partial charge >= 0.3 is 0 Å². The summed E-state index contributed by atoms with van der Waals surface area (Å²) in [5.41, 5.74) is 2.34. The number of benzene rings is 2. The summed E-state index contributed by atoms with van der Waals surface area (Å²) in [4.78, 5) is 7.52. The molecule has 0 aliphatic carbocycles. The number of methoxy groups -OCH3 is 1. The van der Waals surface area contributed by atoms with Gasteiger partial charge in [0.1, 0.15) is 17.4 Å². The lowest BCUT2D eigenvalue weighted by molar-refractivity contribution is 0.415. The molecule has 0 saturated heterocycles. The van der Waals surface area contributed by atoms with E-state index >= 15 is 0 Å². The molecule has 0 fully saturated rings. The molecule has 2 aromatic carbocycles. The van der Waals surface area contributed by atoms with Crippen LogP contribution in [0.2, 0.25) is 0 Å². The van der Waals surface area contributed by atoms with Crippen LogP contribution in [0.4, 0.5) is 4.39 Å². The normalized spacial score (nSPS) is 10.8. The van der Waals surface area contributed by atoms with Crippen LogP contribution in [0.5, 0.6) is 5.75 Å². The van der Waals surface area contributed by atoms with Crippen molar-refractivity contribution in [1.29, 1.82) is 0 Å². The molecule has 0 saturated carbocycles. The molecular weight excluding hydrogens is 231 g/mol. The van der Waals surface area contributed by atoms with E-state index in [0.29, 0.717) is 11.3 Å². The summed E-state index contributed by atoms with van der Waals surface area (Å²) < 4.78 is 18.3. The van der Waals surface area contributed by atoms with Gasteiger partial charge in [0.25, 0.3) is 0 Å².